The number of hydrogen-bond acceptors (Lipinski definition) is 4. The molecule has 0 saturated carbocycles. The Morgan fingerprint density at radius 3 is 3.05 bits per heavy atom. The quantitative estimate of drug-likeness (QED) is 0.800. The van der Waals surface area contributed by atoms with Crippen LogP contribution in [-0.4, -0.2) is 21.5 Å². The molecule has 2 rings (SSSR count). The first kappa shape index (κ1) is 15.7. The van der Waals surface area contributed by atoms with Gasteiger partial charge in [0.05, 0.1) is 11.7 Å². The summed E-state index contributed by atoms with van der Waals surface area (Å²) in [7, 11) is 0. The van der Waals surface area contributed by atoms with Gasteiger partial charge < -0.3 is 5.32 Å². The number of thiophene rings is 1. The molecule has 0 fully saturated rings. The summed E-state index contributed by atoms with van der Waals surface area (Å²) in [4.78, 5) is 29.1. The van der Waals surface area contributed by atoms with Crippen molar-refractivity contribution >= 4 is 27.5 Å². The van der Waals surface area contributed by atoms with Gasteiger partial charge in [-0.2, -0.15) is 0 Å². The first-order valence-electron chi connectivity index (χ1n) is 7.33. The molecule has 2 aromatic rings. The maximum absolute atomic E-state index is 12.2. The molecule has 5 nitrogen and oxygen atoms in total. The smallest absolute Gasteiger partial charge is 0.262 e. The fraction of sp³-hybridized carbons (Fsp3) is 0.533. The van der Waals surface area contributed by atoms with E-state index in [1.54, 1.807) is 6.07 Å². The largest absolute Gasteiger partial charge is 0.352 e. The highest BCUT2D eigenvalue weighted by molar-refractivity contribution is 7.16. The minimum atomic E-state index is -0.157. The van der Waals surface area contributed by atoms with E-state index in [0.717, 1.165) is 12.8 Å². The topological polar surface area (TPSA) is 64.0 Å². The van der Waals surface area contributed by atoms with Gasteiger partial charge in [-0.3, -0.25) is 14.2 Å². The van der Waals surface area contributed by atoms with E-state index in [-0.39, 0.29) is 24.1 Å². The lowest BCUT2D eigenvalue weighted by atomic mass is 10.1. The van der Waals surface area contributed by atoms with Crippen LogP contribution < -0.4 is 10.9 Å². The van der Waals surface area contributed by atoms with Gasteiger partial charge in [-0.05, 0) is 24.8 Å². The van der Waals surface area contributed by atoms with Crippen molar-refractivity contribution in [2.45, 2.75) is 52.1 Å². The van der Waals surface area contributed by atoms with Crippen LogP contribution in [-0.2, 0) is 11.3 Å². The SMILES string of the molecule is CCCCC[C@@H](C)NC(=O)Cn1cnc2sccc2c1=O. The predicted octanol–water partition coefficient (Wildman–Crippen LogP) is 2.54. The number of amides is 1. The second kappa shape index (κ2) is 7.36. The average Bonchev–Trinajstić information content (AvgIpc) is 2.91. The van der Waals surface area contributed by atoms with E-state index < -0.39 is 0 Å². The number of nitrogens with one attached hydrogen (secondary N) is 1. The molecule has 6 heteroatoms. The third-order valence-corrected chi connectivity index (χ3v) is 4.23. The molecule has 0 radical (unpaired) electrons. The fourth-order valence-electron chi connectivity index (χ4n) is 2.25. The summed E-state index contributed by atoms with van der Waals surface area (Å²) in [6.07, 6.45) is 5.87. The van der Waals surface area contributed by atoms with Crippen LogP contribution >= 0.6 is 11.3 Å². The predicted molar refractivity (Wildman–Crippen MR) is 85.6 cm³/mol. The van der Waals surface area contributed by atoms with E-state index in [4.69, 9.17) is 0 Å². The highest BCUT2D eigenvalue weighted by atomic mass is 32.1. The number of hydrogen-bond donors (Lipinski definition) is 1. The van der Waals surface area contributed by atoms with Crippen molar-refractivity contribution in [1.29, 1.82) is 0 Å². The molecule has 0 saturated heterocycles. The van der Waals surface area contributed by atoms with Gasteiger partial charge in [-0.15, -0.1) is 11.3 Å². The van der Waals surface area contributed by atoms with Gasteiger partial charge in [0.1, 0.15) is 11.4 Å². The summed E-state index contributed by atoms with van der Waals surface area (Å²) in [5, 5.41) is 5.34. The standard InChI is InChI=1S/C15H21N3O2S/c1-3-4-5-6-11(2)17-13(19)9-18-10-16-14-12(15(18)20)7-8-21-14/h7-8,10-11H,3-6,9H2,1-2H3,(H,17,19)/t11-/m1/s1. The van der Waals surface area contributed by atoms with Crippen molar-refractivity contribution in [2.75, 3.05) is 0 Å². The van der Waals surface area contributed by atoms with Gasteiger partial charge in [0.2, 0.25) is 5.91 Å². The number of aromatic nitrogens is 2. The van der Waals surface area contributed by atoms with Crippen molar-refractivity contribution in [1.82, 2.24) is 14.9 Å². The lowest BCUT2D eigenvalue weighted by molar-refractivity contribution is -0.122. The Kier molecular flexibility index (Phi) is 5.50. The van der Waals surface area contributed by atoms with Gasteiger partial charge in [-0.1, -0.05) is 26.2 Å². The van der Waals surface area contributed by atoms with Gasteiger partial charge in [0.25, 0.3) is 5.56 Å². The maximum Gasteiger partial charge on any atom is 0.262 e. The molecular weight excluding hydrogens is 286 g/mol. The lowest BCUT2D eigenvalue weighted by Gasteiger charge is -2.14. The molecule has 0 spiro atoms. The van der Waals surface area contributed by atoms with Gasteiger partial charge in [-0.25, -0.2) is 4.98 Å². The molecule has 1 atom stereocenters. The Morgan fingerprint density at radius 1 is 1.48 bits per heavy atom. The average molecular weight is 307 g/mol. The molecule has 0 unspecified atom stereocenters. The number of rotatable bonds is 7. The van der Waals surface area contributed by atoms with E-state index in [1.807, 2.05) is 12.3 Å². The highest BCUT2D eigenvalue weighted by Gasteiger charge is 2.11. The van der Waals surface area contributed by atoms with Crippen LogP contribution in [0.5, 0.6) is 0 Å². The molecule has 0 bridgehead atoms. The number of unbranched alkanes of at least 4 members (excludes halogenated alkanes) is 2. The first-order valence-corrected chi connectivity index (χ1v) is 8.21. The summed E-state index contributed by atoms with van der Waals surface area (Å²) in [6.45, 7) is 4.18. The van der Waals surface area contributed by atoms with E-state index in [2.05, 4.69) is 17.2 Å². The molecule has 0 aliphatic carbocycles. The Hall–Kier alpha value is -1.69. The number of fused-ring (bicyclic) bond motifs is 1. The van der Waals surface area contributed by atoms with Crippen molar-refractivity contribution in [3.8, 4) is 0 Å². The zero-order chi connectivity index (χ0) is 15.2. The minimum Gasteiger partial charge on any atom is -0.352 e. The second-order valence-electron chi connectivity index (χ2n) is 5.28. The second-order valence-corrected chi connectivity index (χ2v) is 6.18. The van der Waals surface area contributed by atoms with E-state index >= 15 is 0 Å². The molecule has 1 N–H and O–H groups in total. The highest BCUT2D eigenvalue weighted by Crippen LogP contribution is 2.13. The van der Waals surface area contributed by atoms with Crippen LogP contribution in [0.2, 0.25) is 0 Å². The third-order valence-electron chi connectivity index (χ3n) is 3.41. The van der Waals surface area contributed by atoms with Crippen molar-refractivity contribution < 1.29 is 4.79 Å². The summed E-state index contributed by atoms with van der Waals surface area (Å²) >= 11 is 1.43. The monoisotopic (exact) mass is 307 g/mol. The summed E-state index contributed by atoms with van der Waals surface area (Å²) in [6, 6.07) is 1.88. The molecular formula is C15H21N3O2S. The van der Waals surface area contributed by atoms with Gasteiger partial charge in [0.15, 0.2) is 0 Å². The van der Waals surface area contributed by atoms with E-state index in [0.29, 0.717) is 10.2 Å². The fourth-order valence-corrected chi connectivity index (χ4v) is 2.98. The molecule has 2 aromatic heterocycles. The van der Waals surface area contributed by atoms with E-state index in [9.17, 15) is 9.59 Å². The Bertz CT molecular complexity index is 662. The third kappa shape index (κ3) is 4.14. The maximum atomic E-state index is 12.2. The van der Waals surface area contributed by atoms with Crippen LogP contribution in [0, 0.1) is 0 Å². The van der Waals surface area contributed by atoms with Crippen LogP contribution in [0.3, 0.4) is 0 Å². The molecule has 21 heavy (non-hydrogen) atoms. The number of carbonyl (C=O) groups excluding carboxylic acids is 1. The van der Waals surface area contributed by atoms with Crippen molar-refractivity contribution in [3.63, 3.8) is 0 Å². The van der Waals surface area contributed by atoms with Crippen LogP contribution in [0.4, 0.5) is 0 Å². The Balaban J connectivity index is 1.95. The molecule has 1 amide bonds. The molecule has 0 aromatic carbocycles. The van der Waals surface area contributed by atoms with Crippen LogP contribution in [0.25, 0.3) is 10.2 Å². The molecule has 114 valence electrons. The number of carbonyl (C=O) groups is 1. The molecule has 0 aliphatic rings. The summed E-state index contributed by atoms with van der Waals surface area (Å²) in [5.41, 5.74) is -0.157. The summed E-state index contributed by atoms with van der Waals surface area (Å²) in [5.74, 6) is -0.141. The van der Waals surface area contributed by atoms with Gasteiger partial charge in [0, 0.05) is 6.04 Å². The van der Waals surface area contributed by atoms with Crippen LogP contribution in [0.15, 0.2) is 22.6 Å². The molecule has 0 aliphatic heterocycles. The van der Waals surface area contributed by atoms with Crippen molar-refractivity contribution in [3.05, 3.63) is 28.1 Å². The summed E-state index contributed by atoms with van der Waals surface area (Å²) < 4.78 is 1.36. The van der Waals surface area contributed by atoms with Crippen molar-refractivity contribution in [2.24, 2.45) is 0 Å². The minimum absolute atomic E-state index is 0.0235. The Morgan fingerprint density at radius 2 is 2.29 bits per heavy atom. The number of nitrogens with zero attached hydrogens (tertiary/aromatic N) is 2. The van der Waals surface area contributed by atoms with E-state index in [1.165, 1.54) is 35.1 Å². The zero-order valence-corrected chi connectivity index (χ0v) is 13.3. The normalized spacial score (nSPS) is 12.5. The lowest BCUT2D eigenvalue weighted by Crippen LogP contribution is -2.37. The zero-order valence-electron chi connectivity index (χ0n) is 12.5. The first-order chi connectivity index (χ1) is 10.1. The Labute approximate surface area is 128 Å². The van der Waals surface area contributed by atoms with Crippen LogP contribution in [0.1, 0.15) is 39.5 Å². The molecule has 2 heterocycles. The van der Waals surface area contributed by atoms with Gasteiger partial charge >= 0.3 is 0 Å².